The van der Waals surface area contributed by atoms with Crippen molar-refractivity contribution >= 4 is 34.5 Å². The predicted octanol–water partition coefficient (Wildman–Crippen LogP) is 2.38. The van der Waals surface area contributed by atoms with E-state index in [1.807, 2.05) is 43.4 Å². The van der Waals surface area contributed by atoms with Gasteiger partial charge in [-0.25, -0.2) is 14.8 Å². The average Bonchev–Trinajstić information content (AvgIpc) is 2.57. The fourth-order valence-corrected chi connectivity index (χ4v) is 1.99. The molecule has 0 aromatic carbocycles. The van der Waals surface area contributed by atoms with Crippen LogP contribution in [0.1, 0.15) is 26.3 Å². The van der Waals surface area contributed by atoms with Gasteiger partial charge in [-0.3, -0.25) is 4.90 Å². The Balaban J connectivity index is 2.22. The molecular weight excluding hydrogens is 333 g/mol. The van der Waals surface area contributed by atoms with Crippen LogP contribution >= 0.6 is 22.6 Å². The zero-order valence-electron chi connectivity index (χ0n) is 10.0. The quantitative estimate of drug-likeness (QED) is 0.534. The first-order valence-corrected chi connectivity index (χ1v) is 6.46. The second-order valence-corrected chi connectivity index (χ2v) is 5.83. The lowest BCUT2D eigenvalue weighted by molar-refractivity contribution is 0.0583. The van der Waals surface area contributed by atoms with E-state index >= 15 is 0 Å². The standard InChI is InChI=1S/C11H14IN3O2/c1-11(2,3)17-10(16)15-5-4-7-6-13-9(12)14-8(7)15/h6H,4-5H2,1-3H3. The molecular formula is C11H14IN3O2. The molecule has 0 unspecified atom stereocenters. The Morgan fingerprint density at radius 1 is 1.53 bits per heavy atom. The molecule has 1 aliphatic rings. The van der Waals surface area contributed by atoms with Crippen molar-refractivity contribution < 1.29 is 9.53 Å². The van der Waals surface area contributed by atoms with E-state index in [2.05, 4.69) is 9.97 Å². The predicted molar refractivity (Wildman–Crippen MR) is 72.0 cm³/mol. The number of aromatic nitrogens is 2. The maximum absolute atomic E-state index is 12.0. The lowest BCUT2D eigenvalue weighted by Crippen LogP contribution is -2.36. The van der Waals surface area contributed by atoms with E-state index in [1.165, 1.54) is 0 Å². The van der Waals surface area contributed by atoms with Crippen LogP contribution in [-0.2, 0) is 11.2 Å². The van der Waals surface area contributed by atoms with Gasteiger partial charge >= 0.3 is 6.09 Å². The molecule has 2 rings (SSSR count). The second-order valence-electron chi connectivity index (χ2n) is 4.87. The molecule has 1 aromatic rings. The molecule has 92 valence electrons. The summed E-state index contributed by atoms with van der Waals surface area (Å²) in [7, 11) is 0. The maximum atomic E-state index is 12.0. The van der Waals surface area contributed by atoms with Crippen LogP contribution in [0.3, 0.4) is 0 Å². The highest BCUT2D eigenvalue weighted by Crippen LogP contribution is 2.26. The molecule has 0 bridgehead atoms. The number of anilines is 1. The van der Waals surface area contributed by atoms with Crippen molar-refractivity contribution in [1.29, 1.82) is 0 Å². The van der Waals surface area contributed by atoms with Crippen molar-refractivity contribution in [3.05, 3.63) is 15.6 Å². The first-order chi connectivity index (χ1) is 7.87. The normalized spacial score (nSPS) is 14.7. The number of hydrogen-bond acceptors (Lipinski definition) is 4. The van der Waals surface area contributed by atoms with E-state index in [1.54, 1.807) is 11.1 Å². The molecule has 0 fully saturated rings. The van der Waals surface area contributed by atoms with Gasteiger partial charge in [0.2, 0.25) is 0 Å². The lowest BCUT2D eigenvalue weighted by Gasteiger charge is -2.24. The van der Waals surface area contributed by atoms with Gasteiger partial charge in [-0.15, -0.1) is 0 Å². The van der Waals surface area contributed by atoms with Gasteiger partial charge in [0.25, 0.3) is 0 Å². The Bertz CT molecular complexity index is 457. The molecule has 17 heavy (non-hydrogen) atoms. The minimum Gasteiger partial charge on any atom is -0.443 e. The molecule has 0 N–H and O–H groups in total. The third-order valence-corrected chi connectivity index (χ3v) is 2.81. The number of ether oxygens (including phenoxy) is 1. The zero-order chi connectivity index (χ0) is 12.6. The van der Waals surface area contributed by atoms with Gasteiger partial charge in [0, 0.05) is 40.9 Å². The van der Waals surface area contributed by atoms with Gasteiger partial charge < -0.3 is 4.74 Å². The second kappa shape index (κ2) is 4.40. The summed E-state index contributed by atoms with van der Waals surface area (Å²) >= 11 is 2.03. The highest BCUT2D eigenvalue weighted by Gasteiger charge is 2.30. The van der Waals surface area contributed by atoms with Crippen LogP contribution in [0, 0.1) is 3.83 Å². The van der Waals surface area contributed by atoms with Crippen LogP contribution in [0.15, 0.2) is 6.20 Å². The maximum Gasteiger partial charge on any atom is 0.416 e. The van der Waals surface area contributed by atoms with E-state index in [9.17, 15) is 4.79 Å². The van der Waals surface area contributed by atoms with Crippen molar-refractivity contribution in [3.63, 3.8) is 0 Å². The van der Waals surface area contributed by atoms with Gasteiger partial charge in [0.1, 0.15) is 11.4 Å². The number of halogens is 1. The Hall–Kier alpha value is -0.920. The summed E-state index contributed by atoms with van der Waals surface area (Å²) in [5, 5.41) is 0. The van der Waals surface area contributed by atoms with E-state index in [0.717, 1.165) is 12.0 Å². The third kappa shape index (κ3) is 2.85. The summed E-state index contributed by atoms with van der Waals surface area (Å²) in [5.41, 5.74) is 0.510. The first kappa shape index (κ1) is 12.5. The van der Waals surface area contributed by atoms with E-state index in [4.69, 9.17) is 4.74 Å². The number of hydrogen-bond donors (Lipinski definition) is 0. The van der Waals surface area contributed by atoms with Crippen molar-refractivity contribution in [2.45, 2.75) is 32.8 Å². The first-order valence-electron chi connectivity index (χ1n) is 5.39. The van der Waals surface area contributed by atoms with Crippen molar-refractivity contribution in [2.24, 2.45) is 0 Å². The summed E-state index contributed by atoms with van der Waals surface area (Å²) in [6, 6.07) is 0. The van der Waals surface area contributed by atoms with Crippen LogP contribution in [-0.4, -0.2) is 28.2 Å². The Morgan fingerprint density at radius 3 is 2.88 bits per heavy atom. The van der Waals surface area contributed by atoms with E-state index in [-0.39, 0.29) is 6.09 Å². The molecule has 2 heterocycles. The van der Waals surface area contributed by atoms with Crippen molar-refractivity contribution in [2.75, 3.05) is 11.4 Å². The highest BCUT2D eigenvalue weighted by atomic mass is 127. The molecule has 1 amide bonds. The molecule has 0 spiro atoms. The zero-order valence-corrected chi connectivity index (χ0v) is 12.2. The van der Waals surface area contributed by atoms with Gasteiger partial charge in [-0.2, -0.15) is 0 Å². The molecule has 0 aliphatic carbocycles. The van der Waals surface area contributed by atoms with Crippen LogP contribution < -0.4 is 4.90 Å². The van der Waals surface area contributed by atoms with Gasteiger partial charge in [-0.05, 0) is 27.2 Å². The number of nitrogens with zero attached hydrogens (tertiary/aromatic N) is 3. The number of fused-ring (bicyclic) bond motifs is 1. The summed E-state index contributed by atoms with van der Waals surface area (Å²) in [6.07, 6.45) is 2.21. The van der Waals surface area contributed by atoms with Gasteiger partial charge in [0.15, 0.2) is 3.83 Å². The molecule has 1 aliphatic heterocycles. The van der Waals surface area contributed by atoms with E-state index < -0.39 is 5.60 Å². The summed E-state index contributed by atoms with van der Waals surface area (Å²) in [5.74, 6) is 0.679. The summed E-state index contributed by atoms with van der Waals surface area (Å²) in [4.78, 5) is 22.0. The van der Waals surface area contributed by atoms with Crippen LogP contribution in [0.2, 0.25) is 0 Å². The summed E-state index contributed by atoms with van der Waals surface area (Å²) in [6.45, 7) is 6.17. The molecule has 0 saturated heterocycles. The Morgan fingerprint density at radius 2 is 2.24 bits per heavy atom. The Kier molecular flexibility index (Phi) is 3.24. The summed E-state index contributed by atoms with van der Waals surface area (Å²) < 4.78 is 5.98. The molecule has 5 nitrogen and oxygen atoms in total. The van der Waals surface area contributed by atoms with Crippen LogP contribution in [0.25, 0.3) is 0 Å². The van der Waals surface area contributed by atoms with Crippen molar-refractivity contribution in [1.82, 2.24) is 9.97 Å². The van der Waals surface area contributed by atoms with Gasteiger partial charge in [-0.1, -0.05) is 0 Å². The van der Waals surface area contributed by atoms with Gasteiger partial charge in [0.05, 0.1) is 0 Å². The number of rotatable bonds is 0. The van der Waals surface area contributed by atoms with Crippen LogP contribution in [0.5, 0.6) is 0 Å². The molecule has 0 atom stereocenters. The minimum absolute atomic E-state index is 0.342. The Labute approximate surface area is 114 Å². The van der Waals surface area contributed by atoms with E-state index in [0.29, 0.717) is 16.2 Å². The molecule has 0 radical (unpaired) electrons. The van der Waals surface area contributed by atoms with Crippen LogP contribution in [0.4, 0.5) is 10.6 Å². The lowest BCUT2D eigenvalue weighted by atomic mass is 10.2. The molecule has 6 heteroatoms. The number of carbonyl (C=O) groups excluding carboxylic acids is 1. The number of carbonyl (C=O) groups is 1. The molecule has 1 aromatic heterocycles. The monoisotopic (exact) mass is 347 g/mol. The van der Waals surface area contributed by atoms with Crippen molar-refractivity contribution in [3.8, 4) is 0 Å². The fourth-order valence-electron chi connectivity index (χ4n) is 1.62. The number of amides is 1. The average molecular weight is 347 g/mol. The minimum atomic E-state index is -0.486. The molecule has 0 saturated carbocycles. The third-order valence-electron chi connectivity index (χ3n) is 2.29. The largest absolute Gasteiger partial charge is 0.443 e. The highest BCUT2D eigenvalue weighted by molar-refractivity contribution is 14.1. The smallest absolute Gasteiger partial charge is 0.416 e. The SMILES string of the molecule is CC(C)(C)OC(=O)N1CCc2cnc(I)nc21. The fraction of sp³-hybridized carbons (Fsp3) is 0.545. The topological polar surface area (TPSA) is 55.3 Å².